The Bertz CT molecular complexity index is 417. The molecule has 0 aliphatic heterocycles. The number of rotatable bonds is 7. The molecule has 0 fully saturated rings. The van der Waals surface area contributed by atoms with Crippen molar-refractivity contribution in [3.63, 3.8) is 0 Å². The van der Waals surface area contributed by atoms with E-state index in [4.69, 9.17) is 0 Å². The number of amides is 1. The molecule has 0 aromatic heterocycles. The SMILES string of the molecule is CCCNC(=O)CSCc1ccc(C(=O)OC)cc1. The molecular weight excluding hydrogens is 262 g/mol. The van der Waals surface area contributed by atoms with Gasteiger partial charge in [-0.3, -0.25) is 4.79 Å². The van der Waals surface area contributed by atoms with Gasteiger partial charge in [-0.1, -0.05) is 19.1 Å². The van der Waals surface area contributed by atoms with E-state index in [0.29, 0.717) is 11.3 Å². The minimum absolute atomic E-state index is 0.0676. The van der Waals surface area contributed by atoms with E-state index in [1.807, 2.05) is 19.1 Å². The van der Waals surface area contributed by atoms with Gasteiger partial charge >= 0.3 is 5.97 Å². The zero-order valence-corrected chi connectivity index (χ0v) is 12.1. The highest BCUT2D eigenvalue weighted by Crippen LogP contribution is 2.13. The van der Waals surface area contributed by atoms with Crippen LogP contribution in [0.25, 0.3) is 0 Å². The summed E-state index contributed by atoms with van der Waals surface area (Å²) in [6.45, 7) is 2.75. The normalized spacial score (nSPS) is 10.0. The lowest BCUT2D eigenvalue weighted by molar-refractivity contribution is -0.118. The molecule has 0 saturated carbocycles. The van der Waals surface area contributed by atoms with Gasteiger partial charge in [-0.25, -0.2) is 4.79 Å². The Kier molecular flexibility index (Phi) is 7.03. The van der Waals surface area contributed by atoms with E-state index in [1.165, 1.54) is 7.11 Å². The number of benzene rings is 1. The number of hydrogen-bond donors (Lipinski definition) is 1. The number of carbonyl (C=O) groups excluding carboxylic acids is 2. The fourth-order valence-electron chi connectivity index (χ4n) is 1.43. The Balaban J connectivity index is 2.34. The van der Waals surface area contributed by atoms with Crippen molar-refractivity contribution in [2.75, 3.05) is 19.4 Å². The van der Waals surface area contributed by atoms with Crippen LogP contribution < -0.4 is 5.32 Å². The summed E-state index contributed by atoms with van der Waals surface area (Å²) in [6, 6.07) is 7.23. The summed E-state index contributed by atoms with van der Waals surface area (Å²) in [5.41, 5.74) is 1.62. The summed E-state index contributed by atoms with van der Waals surface area (Å²) >= 11 is 1.56. The molecule has 5 heteroatoms. The first-order valence-electron chi connectivity index (χ1n) is 6.19. The maximum atomic E-state index is 11.4. The van der Waals surface area contributed by atoms with Gasteiger partial charge in [0.05, 0.1) is 18.4 Å². The number of esters is 1. The molecule has 0 heterocycles. The Morgan fingerprint density at radius 2 is 1.95 bits per heavy atom. The van der Waals surface area contributed by atoms with Crippen LogP contribution in [0, 0.1) is 0 Å². The van der Waals surface area contributed by atoms with E-state index < -0.39 is 0 Å². The fourth-order valence-corrected chi connectivity index (χ4v) is 2.25. The molecule has 0 radical (unpaired) electrons. The van der Waals surface area contributed by atoms with Gasteiger partial charge < -0.3 is 10.1 Å². The van der Waals surface area contributed by atoms with Crippen LogP contribution in [0.4, 0.5) is 0 Å². The van der Waals surface area contributed by atoms with Crippen LogP contribution in [0.3, 0.4) is 0 Å². The molecule has 1 aromatic rings. The van der Waals surface area contributed by atoms with Crippen molar-refractivity contribution in [3.05, 3.63) is 35.4 Å². The maximum Gasteiger partial charge on any atom is 0.337 e. The molecule has 19 heavy (non-hydrogen) atoms. The average Bonchev–Trinajstić information content (AvgIpc) is 2.45. The number of carbonyl (C=O) groups is 2. The van der Waals surface area contributed by atoms with Crippen LogP contribution in [0.2, 0.25) is 0 Å². The second-order valence-corrected chi connectivity index (χ2v) is 5.02. The number of nitrogens with one attached hydrogen (secondary N) is 1. The van der Waals surface area contributed by atoms with Gasteiger partial charge in [0.1, 0.15) is 0 Å². The van der Waals surface area contributed by atoms with Gasteiger partial charge in [0.2, 0.25) is 5.91 Å². The molecule has 0 saturated heterocycles. The lowest BCUT2D eigenvalue weighted by atomic mass is 10.1. The number of hydrogen-bond acceptors (Lipinski definition) is 4. The second kappa shape index (κ2) is 8.58. The molecule has 0 atom stereocenters. The van der Waals surface area contributed by atoms with Crippen molar-refractivity contribution >= 4 is 23.6 Å². The van der Waals surface area contributed by atoms with Crippen molar-refractivity contribution in [1.82, 2.24) is 5.32 Å². The molecule has 1 N–H and O–H groups in total. The van der Waals surface area contributed by atoms with Crippen LogP contribution in [-0.4, -0.2) is 31.3 Å². The molecule has 0 spiro atoms. The van der Waals surface area contributed by atoms with Crippen LogP contribution in [0.1, 0.15) is 29.3 Å². The lowest BCUT2D eigenvalue weighted by Gasteiger charge is -2.04. The first-order chi connectivity index (χ1) is 9.17. The predicted molar refractivity (Wildman–Crippen MR) is 77.2 cm³/mol. The summed E-state index contributed by atoms with van der Waals surface area (Å²) in [5.74, 6) is 0.941. The van der Waals surface area contributed by atoms with Gasteiger partial charge in [0.15, 0.2) is 0 Å². The van der Waals surface area contributed by atoms with Crippen molar-refractivity contribution in [2.24, 2.45) is 0 Å². The molecular formula is C14H19NO3S. The Hall–Kier alpha value is -1.49. The fraction of sp³-hybridized carbons (Fsp3) is 0.429. The Morgan fingerprint density at radius 3 is 2.53 bits per heavy atom. The van der Waals surface area contributed by atoms with Crippen LogP contribution in [0.15, 0.2) is 24.3 Å². The van der Waals surface area contributed by atoms with Crippen molar-refractivity contribution in [3.8, 4) is 0 Å². The summed E-state index contributed by atoms with van der Waals surface area (Å²) in [5, 5.41) is 2.83. The summed E-state index contributed by atoms with van der Waals surface area (Å²) in [4.78, 5) is 22.6. The monoisotopic (exact) mass is 281 g/mol. The number of ether oxygens (including phenoxy) is 1. The quantitative estimate of drug-likeness (QED) is 0.779. The highest BCUT2D eigenvalue weighted by atomic mass is 32.2. The highest BCUT2D eigenvalue weighted by molar-refractivity contribution is 7.99. The van der Waals surface area contributed by atoms with E-state index in [-0.39, 0.29) is 11.9 Å². The third-order valence-corrected chi connectivity index (χ3v) is 3.45. The lowest BCUT2D eigenvalue weighted by Crippen LogP contribution is -2.25. The minimum atomic E-state index is -0.335. The predicted octanol–water partition coefficient (Wildman–Crippen LogP) is 2.23. The van der Waals surface area contributed by atoms with Gasteiger partial charge in [-0.05, 0) is 24.1 Å². The van der Waals surface area contributed by atoms with Gasteiger partial charge in [0.25, 0.3) is 0 Å². The average molecular weight is 281 g/mol. The largest absolute Gasteiger partial charge is 0.465 e. The van der Waals surface area contributed by atoms with Gasteiger partial charge in [0, 0.05) is 12.3 Å². The number of thioether (sulfide) groups is 1. The van der Waals surface area contributed by atoms with Crippen molar-refractivity contribution in [2.45, 2.75) is 19.1 Å². The van der Waals surface area contributed by atoms with E-state index in [9.17, 15) is 9.59 Å². The molecule has 104 valence electrons. The zero-order chi connectivity index (χ0) is 14.1. The van der Waals surface area contributed by atoms with Crippen LogP contribution in [-0.2, 0) is 15.3 Å². The van der Waals surface area contributed by atoms with Crippen molar-refractivity contribution in [1.29, 1.82) is 0 Å². The third kappa shape index (κ3) is 5.79. The molecule has 0 aliphatic rings. The minimum Gasteiger partial charge on any atom is -0.465 e. The summed E-state index contributed by atoms with van der Waals surface area (Å²) < 4.78 is 4.63. The molecule has 0 aliphatic carbocycles. The van der Waals surface area contributed by atoms with Gasteiger partial charge in [-0.2, -0.15) is 0 Å². The smallest absolute Gasteiger partial charge is 0.337 e. The summed E-state index contributed by atoms with van der Waals surface area (Å²) in [6.07, 6.45) is 0.950. The Labute approximate surface area is 117 Å². The van der Waals surface area contributed by atoms with Crippen molar-refractivity contribution < 1.29 is 14.3 Å². The molecule has 0 bridgehead atoms. The van der Waals surface area contributed by atoms with E-state index in [2.05, 4.69) is 10.1 Å². The van der Waals surface area contributed by atoms with Gasteiger partial charge in [-0.15, -0.1) is 11.8 Å². The first-order valence-corrected chi connectivity index (χ1v) is 7.34. The van der Waals surface area contributed by atoms with E-state index in [1.54, 1.807) is 23.9 Å². The number of methoxy groups -OCH3 is 1. The highest BCUT2D eigenvalue weighted by Gasteiger charge is 2.05. The van der Waals surface area contributed by atoms with E-state index in [0.717, 1.165) is 24.3 Å². The topological polar surface area (TPSA) is 55.4 Å². The standard InChI is InChI=1S/C14H19NO3S/c1-3-8-15-13(16)10-19-9-11-4-6-12(7-5-11)14(17)18-2/h4-7H,3,8-10H2,1-2H3,(H,15,16). The van der Waals surface area contributed by atoms with Crippen LogP contribution in [0.5, 0.6) is 0 Å². The molecule has 4 nitrogen and oxygen atoms in total. The first kappa shape index (κ1) is 15.6. The molecule has 1 amide bonds. The second-order valence-electron chi connectivity index (χ2n) is 4.03. The molecule has 1 rings (SSSR count). The molecule has 0 unspecified atom stereocenters. The zero-order valence-electron chi connectivity index (χ0n) is 11.3. The Morgan fingerprint density at radius 1 is 1.26 bits per heavy atom. The molecule has 1 aromatic carbocycles. The maximum absolute atomic E-state index is 11.4. The summed E-state index contributed by atoms with van der Waals surface area (Å²) in [7, 11) is 1.36. The van der Waals surface area contributed by atoms with E-state index >= 15 is 0 Å². The third-order valence-electron chi connectivity index (χ3n) is 2.45. The van der Waals surface area contributed by atoms with Crippen LogP contribution >= 0.6 is 11.8 Å².